The van der Waals surface area contributed by atoms with Crippen LogP contribution >= 0.6 is 0 Å². The normalized spacial score (nSPS) is 15.2. The first-order valence-electron chi connectivity index (χ1n) is 11.2. The van der Waals surface area contributed by atoms with Gasteiger partial charge in [-0.25, -0.2) is 23.5 Å². The van der Waals surface area contributed by atoms with E-state index in [0.29, 0.717) is 11.4 Å². The smallest absolute Gasteiger partial charge is 0.366 e. The number of fused-ring (bicyclic) bond motifs is 1. The predicted octanol–water partition coefficient (Wildman–Crippen LogP) is 4.66. The summed E-state index contributed by atoms with van der Waals surface area (Å²) in [5.41, 5.74) is -3.79. The summed E-state index contributed by atoms with van der Waals surface area (Å²) in [5.74, 6) is -3.48. The maximum absolute atomic E-state index is 14.5. The summed E-state index contributed by atoms with van der Waals surface area (Å²) in [6.45, 7) is -0.0194. The quantitative estimate of drug-likeness (QED) is 0.262. The Hall–Kier alpha value is -4.01. The molecule has 5 rings (SSSR count). The second kappa shape index (κ2) is 9.38. The Morgan fingerprint density at radius 3 is 2.37 bits per heavy atom. The highest BCUT2D eigenvalue weighted by Gasteiger charge is 2.51. The molecule has 0 atom stereocenters. The van der Waals surface area contributed by atoms with Gasteiger partial charge >= 0.3 is 15.3 Å². The number of H-pyrrole nitrogens is 1. The number of sulfone groups is 1. The molecule has 2 aromatic carbocycles. The number of halogens is 5. The van der Waals surface area contributed by atoms with Crippen LogP contribution < -0.4 is 5.32 Å². The molecule has 0 fully saturated rings. The number of hydrogen-bond donors (Lipinski definition) is 2. The van der Waals surface area contributed by atoms with Crippen LogP contribution in [0, 0.1) is 0 Å². The maximum Gasteiger partial charge on any atom is 0.505 e. The van der Waals surface area contributed by atoms with Gasteiger partial charge < -0.3 is 5.32 Å². The number of hydrogen-bond acceptors (Lipinski definition) is 8. The monoisotopic (exact) mass is 551 g/mol. The molecule has 15 heteroatoms. The van der Waals surface area contributed by atoms with Crippen LogP contribution in [0.15, 0.2) is 53.7 Å². The first kappa shape index (κ1) is 25.6. The van der Waals surface area contributed by atoms with Crippen molar-refractivity contribution in [3.8, 4) is 22.5 Å². The first-order chi connectivity index (χ1) is 18.0. The van der Waals surface area contributed by atoms with Gasteiger partial charge in [-0.3, -0.25) is 0 Å². The second-order valence-corrected chi connectivity index (χ2v) is 10.4. The number of benzene rings is 2. The van der Waals surface area contributed by atoms with Gasteiger partial charge in [0.2, 0.25) is 0 Å². The lowest BCUT2D eigenvalue weighted by Gasteiger charge is -2.26. The zero-order chi connectivity index (χ0) is 27.1. The van der Waals surface area contributed by atoms with Crippen LogP contribution in [0.25, 0.3) is 22.5 Å². The predicted molar refractivity (Wildman–Crippen MR) is 124 cm³/mol. The molecule has 1 aliphatic carbocycles. The fourth-order valence-corrected chi connectivity index (χ4v) is 4.81. The summed E-state index contributed by atoms with van der Waals surface area (Å²) in [7, 11) is -6.04. The molecule has 1 aliphatic rings. The van der Waals surface area contributed by atoms with Crippen LogP contribution in [-0.4, -0.2) is 44.5 Å². The van der Waals surface area contributed by atoms with Crippen LogP contribution in [0.5, 0.6) is 0 Å². The van der Waals surface area contributed by atoms with E-state index in [1.165, 1.54) is 0 Å². The Morgan fingerprint density at radius 1 is 1.00 bits per heavy atom. The maximum atomic E-state index is 14.5. The number of anilines is 1. The van der Waals surface area contributed by atoms with E-state index in [4.69, 9.17) is 0 Å². The second-order valence-electron chi connectivity index (χ2n) is 8.54. The van der Waals surface area contributed by atoms with E-state index in [2.05, 4.69) is 35.9 Å². The van der Waals surface area contributed by atoms with E-state index in [9.17, 15) is 30.4 Å². The highest BCUT2D eigenvalue weighted by Crippen LogP contribution is 2.42. The molecule has 198 valence electrons. The molecule has 0 saturated heterocycles. The van der Waals surface area contributed by atoms with Crippen molar-refractivity contribution in [1.82, 2.24) is 30.6 Å². The lowest BCUT2D eigenvalue weighted by atomic mass is 9.93. The Kier molecular flexibility index (Phi) is 6.33. The molecule has 2 heterocycles. The Balaban J connectivity index is 1.45. The van der Waals surface area contributed by atoms with E-state index in [-0.39, 0.29) is 30.8 Å². The molecule has 38 heavy (non-hydrogen) atoms. The van der Waals surface area contributed by atoms with Gasteiger partial charge in [-0.05, 0) is 40.0 Å². The lowest BCUT2D eigenvalue weighted by molar-refractivity contribution is -0.0447. The van der Waals surface area contributed by atoms with Crippen molar-refractivity contribution in [2.45, 2.75) is 42.4 Å². The summed E-state index contributed by atoms with van der Waals surface area (Å²) >= 11 is 0. The van der Waals surface area contributed by atoms with Gasteiger partial charge in [0.15, 0.2) is 5.82 Å². The summed E-state index contributed by atoms with van der Waals surface area (Å²) in [5, 5.41) is 14.8. The van der Waals surface area contributed by atoms with Crippen LogP contribution in [0.1, 0.15) is 29.7 Å². The minimum Gasteiger partial charge on any atom is -0.366 e. The highest BCUT2D eigenvalue weighted by atomic mass is 32.2. The van der Waals surface area contributed by atoms with E-state index in [0.717, 1.165) is 16.7 Å². The van der Waals surface area contributed by atoms with Crippen molar-refractivity contribution in [2.75, 3.05) is 5.32 Å². The fraction of sp³-hybridized carbons (Fsp3) is 0.261. The van der Waals surface area contributed by atoms with Crippen LogP contribution in [0.3, 0.4) is 0 Å². The average Bonchev–Trinajstić information content (AvgIpc) is 3.42. The third kappa shape index (κ3) is 4.68. The third-order valence-electron chi connectivity index (χ3n) is 6.05. The summed E-state index contributed by atoms with van der Waals surface area (Å²) in [6.07, 6.45) is -0.556. The van der Waals surface area contributed by atoms with Gasteiger partial charge in [-0.15, -0.1) is 5.10 Å². The number of tetrazole rings is 1. The van der Waals surface area contributed by atoms with Crippen molar-refractivity contribution in [3.05, 3.63) is 65.4 Å². The zero-order valence-electron chi connectivity index (χ0n) is 19.3. The largest absolute Gasteiger partial charge is 0.505 e. The topological polar surface area (TPSA) is 126 Å². The van der Waals surface area contributed by atoms with E-state index in [1.54, 1.807) is 24.3 Å². The summed E-state index contributed by atoms with van der Waals surface area (Å²) < 4.78 is 92.3. The van der Waals surface area contributed by atoms with Gasteiger partial charge in [0.1, 0.15) is 11.5 Å². The third-order valence-corrected chi connectivity index (χ3v) is 7.32. The number of aromatic nitrogens is 6. The molecular formula is C23H18F5N7O2S. The molecule has 0 saturated carbocycles. The number of rotatable bonds is 6. The standard InChI is InChI=1S/C23H18F5N7O2S/c24-22(25)11-3-6-17-18(22)30-21(38(36,37)23(26,27)28)31-19(17)29-12-13-7-9-14(10-8-13)15-4-1-2-5-16(15)20-32-34-35-33-20/h1-2,4-5,7-10H,3,6,11-12H2,(H,29,30,31)(H,32,33,34,35). The minimum atomic E-state index is -6.04. The SMILES string of the molecule is O=S(=O)(c1nc(NCc2ccc(-c3ccccc3-c3nnn[nH]3)cc2)c2c(n1)C(F)(F)CCC2)C(F)(F)F. The number of aromatic amines is 1. The van der Waals surface area contributed by atoms with Crippen molar-refractivity contribution < 1.29 is 30.4 Å². The van der Waals surface area contributed by atoms with Gasteiger partial charge in [0, 0.05) is 24.1 Å². The Bertz CT molecular complexity index is 1570. The number of nitrogens with one attached hydrogen (secondary N) is 2. The van der Waals surface area contributed by atoms with Gasteiger partial charge in [-0.2, -0.15) is 22.0 Å². The van der Waals surface area contributed by atoms with Crippen molar-refractivity contribution in [1.29, 1.82) is 0 Å². The van der Waals surface area contributed by atoms with E-state index in [1.807, 2.05) is 24.3 Å². The van der Waals surface area contributed by atoms with E-state index >= 15 is 0 Å². The highest BCUT2D eigenvalue weighted by molar-refractivity contribution is 7.92. The fourth-order valence-electron chi connectivity index (χ4n) is 4.18. The molecule has 9 nitrogen and oxygen atoms in total. The first-order valence-corrected chi connectivity index (χ1v) is 12.7. The summed E-state index contributed by atoms with van der Waals surface area (Å²) in [6, 6.07) is 14.4. The van der Waals surface area contributed by atoms with Crippen LogP contribution in [0.2, 0.25) is 0 Å². The van der Waals surface area contributed by atoms with E-state index < -0.39 is 38.5 Å². The molecule has 0 aliphatic heterocycles. The number of alkyl halides is 5. The number of nitrogens with zero attached hydrogens (tertiary/aromatic N) is 5. The molecule has 0 amide bonds. The molecule has 0 bridgehead atoms. The summed E-state index contributed by atoms with van der Waals surface area (Å²) in [4.78, 5) is 6.69. The Morgan fingerprint density at radius 2 is 1.71 bits per heavy atom. The lowest BCUT2D eigenvalue weighted by Crippen LogP contribution is -2.30. The molecule has 4 aromatic rings. The van der Waals surface area contributed by atoms with Gasteiger partial charge in [0.05, 0.1) is 0 Å². The minimum absolute atomic E-state index is 0.0194. The Labute approximate surface area is 212 Å². The molecule has 0 unspecified atom stereocenters. The van der Waals surface area contributed by atoms with Crippen molar-refractivity contribution in [3.63, 3.8) is 0 Å². The van der Waals surface area contributed by atoms with Gasteiger partial charge in [-0.1, -0.05) is 48.5 Å². The van der Waals surface area contributed by atoms with Crippen LogP contribution in [-0.2, 0) is 28.7 Å². The molecule has 0 radical (unpaired) electrons. The average molecular weight is 552 g/mol. The molecular weight excluding hydrogens is 533 g/mol. The molecule has 2 N–H and O–H groups in total. The van der Waals surface area contributed by atoms with Crippen molar-refractivity contribution >= 4 is 15.7 Å². The van der Waals surface area contributed by atoms with Crippen LogP contribution in [0.4, 0.5) is 27.8 Å². The molecule has 2 aromatic heterocycles. The molecule has 0 spiro atoms. The van der Waals surface area contributed by atoms with Crippen molar-refractivity contribution in [2.24, 2.45) is 0 Å². The van der Waals surface area contributed by atoms with Gasteiger partial charge in [0.25, 0.3) is 11.1 Å². The zero-order valence-corrected chi connectivity index (χ0v) is 20.1.